The van der Waals surface area contributed by atoms with Crippen molar-refractivity contribution in [1.82, 2.24) is 15.5 Å². The molecule has 0 saturated carbocycles. The normalized spacial score (nSPS) is 15.8. The second kappa shape index (κ2) is 8.53. The summed E-state index contributed by atoms with van der Waals surface area (Å²) in [5.74, 6) is 1.51. The Morgan fingerprint density at radius 2 is 1.60 bits per heavy atom. The van der Waals surface area contributed by atoms with Crippen molar-refractivity contribution in [2.24, 2.45) is 5.92 Å². The third-order valence-electron chi connectivity index (χ3n) is 4.38. The fourth-order valence-electron chi connectivity index (χ4n) is 2.94. The van der Waals surface area contributed by atoms with Crippen LogP contribution in [0.15, 0.2) is 45.6 Å². The van der Waals surface area contributed by atoms with Crippen molar-refractivity contribution in [1.29, 1.82) is 0 Å². The first-order valence-electron chi connectivity index (χ1n) is 8.52. The van der Waals surface area contributed by atoms with Crippen LogP contribution in [0.5, 0.6) is 0 Å². The number of hydrogen-bond donors (Lipinski definition) is 2. The summed E-state index contributed by atoms with van der Waals surface area (Å²) in [6, 6.07) is 7.26. The van der Waals surface area contributed by atoms with E-state index in [9.17, 15) is 9.59 Å². The van der Waals surface area contributed by atoms with Crippen molar-refractivity contribution in [3.8, 4) is 0 Å². The summed E-state index contributed by atoms with van der Waals surface area (Å²) in [4.78, 5) is 26.2. The molecule has 0 aromatic carbocycles. The Bertz CT molecular complexity index is 659. The van der Waals surface area contributed by atoms with E-state index in [2.05, 4.69) is 15.5 Å². The Kier molecular flexibility index (Phi) is 5.90. The van der Waals surface area contributed by atoms with E-state index in [-0.39, 0.29) is 17.7 Å². The fourth-order valence-corrected chi connectivity index (χ4v) is 2.94. The van der Waals surface area contributed by atoms with Gasteiger partial charge in [0.2, 0.25) is 11.8 Å². The molecule has 7 nitrogen and oxygen atoms in total. The molecule has 25 heavy (non-hydrogen) atoms. The second-order valence-corrected chi connectivity index (χ2v) is 6.20. The van der Waals surface area contributed by atoms with Gasteiger partial charge in [-0.2, -0.15) is 0 Å². The van der Waals surface area contributed by atoms with Gasteiger partial charge in [0, 0.05) is 5.92 Å². The number of carbonyl (C=O) groups is 2. The van der Waals surface area contributed by atoms with Gasteiger partial charge in [-0.05, 0) is 50.2 Å². The lowest BCUT2D eigenvalue weighted by Gasteiger charge is -2.30. The summed E-state index contributed by atoms with van der Waals surface area (Å²) in [7, 11) is 0. The molecule has 0 radical (unpaired) electrons. The van der Waals surface area contributed by atoms with Crippen LogP contribution in [0.4, 0.5) is 0 Å². The topological polar surface area (TPSA) is 87.7 Å². The van der Waals surface area contributed by atoms with Gasteiger partial charge in [-0.3, -0.25) is 14.5 Å². The SMILES string of the molecule is O=C(CN1CCC(C(=O)NCc2ccco2)CC1)NCc1ccco1. The number of nitrogens with zero attached hydrogens (tertiary/aromatic N) is 1. The van der Waals surface area contributed by atoms with Crippen LogP contribution in [-0.2, 0) is 22.7 Å². The Morgan fingerprint density at radius 3 is 2.16 bits per heavy atom. The average Bonchev–Trinajstić information content (AvgIpc) is 3.32. The second-order valence-electron chi connectivity index (χ2n) is 6.20. The Balaban J connectivity index is 1.33. The Hall–Kier alpha value is -2.54. The molecule has 1 aliphatic rings. The average molecular weight is 345 g/mol. The van der Waals surface area contributed by atoms with E-state index in [1.807, 2.05) is 12.1 Å². The number of rotatable bonds is 7. The molecule has 1 saturated heterocycles. The van der Waals surface area contributed by atoms with Crippen LogP contribution in [0.3, 0.4) is 0 Å². The first-order valence-corrected chi connectivity index (χ1v) is 8.52. The minimum Gasteiger partial charge on any atom is -0.467 e. The summed E-state index contributed by atoms with van der Waals surface area (Å²) in [5, 5.41) is 5.74. The lowest BCUT2D eigenvalue weighted by molar-refractivity contribution is -0.127. The zero-order valence-corrected chi connectivity index (χ0v) is 14.1. The predicted octanol–water partition coefficient (Wildman–Crippen LogP) is 1.52. The number of nitrogens with one attached hydrogen (secondary N) is 2. The molecule has 3 heterocycles. The van der Waals surface area contributed by atoms with E-state index < -0.39 is 0 Å². The number of likely N-dealkylation sites (tertiary alicyclic amines) is 1. The summed E-state index contributed by atoms with van der Waals surface area (Å²) < 4.78 is 10.4. The molecule has 2 aromatic rings. The fraction of sp³-hybridized carbons (Fsp3) is 0.444. The molecule has 0 bridgehead atoms. The Labute approximate surface area is 146 Å². The van der Waals surface area contributed by atoms with E-state index >= 15 is 0 Å². The van der Waals surface area contributed by atoms with E-state index in [0.29, 0.717) is 19.6 Å². The van der Waals surface area contributed by atoms with Crippen molar-refractivity contribution in [2.45, 2.75) is 25.9 Å². The van der Waals surface area contributed by atoms with Gasteiger partial charge in [0.25, 0.3) is 0 Å². The van der Waals surface area contributed by atoms with Gasteiger partial charge >= 0.3 is 0 Å². The van der Waals surface area contributed by atoms with Gasteiger partial charge in [0.05, 0.1) is 32.2 Å². The van der Waals surface area contributed by atoms with Crippen LogP contribution in [0.2, 0.25) is 0 Å². The molecule has 0 spiro atoms. The van der Waals surface area contributed by atoms with Crippen LogP contribution in [-0.4, -0.2) is 36.3 Å². The van der Waals surface area contributed by atoms with Crippen molar-refractivity contribution in [3.05, 3.63) is 48.3 Å². The van der Waals surface area contributed by atoms with Crippen LogP contribution in [0.25, 0.3) is 0 Å². The highest BCUT2D eigenvalue weighted by molar-refractivity contribution is 5.79. The lowest BCUT2D eigenvalue weighted by Crippen LogP contribution is -2.44. The van der Waals surface area contributed by atoms with Gasteiger partial charge in [-0.25, -0.2) is 0 Å². The first-order chi connectivity index (χ1) is 12.2. The molecule has 2 N–H and O–H groups in total. The molecule has 1 aliphatic heterocycles. The van der Waals surface area contributed by atoms with Crippen molar-refractivity contribution >= 4 is 11.8 Å². The lowest BCUT2D eigenvalue weighted by atomic mass is 9.96. The first kappa shape index (κ1) is 17.3. The summed E-state index contributed by atoms with van der Waals surface area (Å²) in [6.07, 6.45) is 4.70. The number of piperidine rings is 1. The van der Waals surface area contributed by atoms with Gasteiger partial charge in [-0.1, -0.05) is 0 Å². The predicted molar refractivity (Wildman–Crippen MR) is 90.3 cm³/mol. The van der Waals surface area contributed by atoms with Gasteiger partial charge < -0.3 is 19.5 Å². The number of furan rings is 2. The molecule has 0 aliphatic carbocycles. The molecule has 7 heteroatoms. The standard InChI is InChI=1S/C18H23N3O4/c22-17(19-11-15-3-1-9-24-15)13-21-7-5-14(6-8-21)18(23)20-12-16-4-2-10-25-16/h1-4,9-10,14H,5-8,11-13H2,(H,19,22)(H,20,23). The highest BCUT2D eigenvalue weighted by Crippen LogP contribution is 2.17. The zero-order valence-electron chi connectivity index (χ0n) is 14.1. The Morgan fingerprint density at radius 1 is 1.00 bits per heavy atom. The van der Waals surface area contributed by atoms with Crippen LogP contribution in [0, 0.1) is 5.92 Å². The highest BCUT2D eigenvalue weighted by atomic mass is 16.3. The highest BCUT2D eigenvalue weighted by Gasteiger charge is 2.25. The smallest absolute Gasteiger partial charge is 0.234 e. The van der Waals surface area contributed by atoms with Crippen LogP contribution < -0.4 is 10.6 Å². The van der Waals surface area contributed by atoms with Crippen LogP contribution in [0.1, 0.15) is 24.4 Å². The van der Waals surface area contributed by atoms with Gasteiger partial charge in [0.1, 0.15) is 11.5 Å². The van der Waals surface area contributed by atoms with E-state index in [1.165, 1.54) is 0 Å². The quantitative estimate of drug-likeness (QED) is 0.794. The molecule has 134 valence electrons. The third kappa shape index (κ3) is 5.22. The largest absolute Gasteiger partial charge is 0.467 e. The molecular weight excluding hydrogens is 322 g/mol. The number of carbonyl (C=O) groups excluding carboxylic acids is 2. The molecule has 2 aromatic heterocycles. The molecule has 3 rings (SSSR count). The molecule has 0 atom stereocenters. The van der Waals surface area contributed by atoms with E-state index in [1.54, 1.807) is 24.7 Å². The summed E-state index contributed by atoms with van der Waals surface area (Å²) in [5.41, 5.74) is 0. The van der Waals surface area contributed by atoms with Crippen LogP contribution >= 0.6 is 0 Å². The number of amides is 2. The minimum absolute atomic E-state index is 0.00241. The van der Waals surface area contributed by atoms with Gasteiger partial charge in [-0.15, -0.1) is 0 Å². The monoisotopic (exact) mass is 345 g/mol. The maximum atomic E-state index is 12.2. The van der Waals surface area contributed by atoms with Gasteiger partial charge in [0.15, 0.2) is 0 Å². The minimum atomic E-state index is -0.0304. The summed E-state index contributed by atoms with van der Waals surface area (Å²) >= 11 is 0. The third-order valence-corrected chi connectivity index (χ3v) is 4.38. The van der Waals surface area contributed by atoms with Crippen molar-refractivity contribution < 1.29 is 18.4 Å². The zero-order chi connectivity index (χ0) is 17.5. The molecule has 1 fully saturated rings. The maximum absolute atomic E-state index is 12.2. The van der Waals surface area contributed by atoms with E-state index in [4.69, 9.17) is 8.83 Å². The molecular formula is C18H23N3O4. The molecule has 2 amide bonds. The van der Waals surface area contributed by atoms with Crippen molar-refractivity contribution in [2.75, 3.05) is 19.6 Å². The summed E-state index contributed by atoms with van der Waals surface area (Å²) in [6.45, 7) is 2.65. The van der Waals surface area contributed by atoms with E-state index in [0.717, 1.165) is 37.5 Å². The maximum Gasteiger partial charge on any atom is 0.234 e. The number of hydrogen-bond acceptors (Lipinski definition) is 5. The molecule has 0 unspecified atom stereocenters. The van der Waals surface area contributed by atoms with Crippen molar-refractivity contribution in [3.63, 3.8) is 0 Å².